The number of aliphatic carboxylic acids is 1. The van der Waals surface area contributed by atoms with Crippen molar-refractivity contribution in [2.24, 2.45) is 11.3 Å². The first-order valence-electron chi connectivity index (χ1n) is 7.51. The van der Waals surface area contributed by atoms with Gasteiger partial charge in [0.05, 0.1) is 5.92 Å². The number of hydrogen-bond donors (Lipinski definition) is 3. The molecule has 0 aliphatic heterocycles. The molecule has 0 aromatic heterocycles. The first-order valence-corrected chi connectivity index (χ1v) is 8.80. The van der Waals surface area contributed by atoms with E-state index >= 15 is 0 Å². The van der Waals surface area contributed by atoms with Crippen LogP contribution in [0.2, 0.25) is 0 Å². The van der Waals surface area contributed by atoms with Gasteiger partial charge in [-0.15, -0.1) is 0 Å². The Bertz CT molecular complexity index is 368. The molecule has 1 aliphatic carbocycles. The summed E-state index contributed by atoms with van der Waals surface area (Å²) in [5.41, 5.74) is -0.0712. The fraction of sp³-hybridized carbons (Fsp3) is 0.867. The fourth-order valence-electron chi connectivity index (χ4n) is 2.72. The Balaban J connectivity index is 2.35. The van der Waals surface area contributed by atoms with Gasteiger partial charge in [-0.05, 0) is 37.4 Å². The van der Waals surface area contributed by atoms with E-state index in [-0.39, 0.29) is 24.0 Å². The number of amides is 2. The maximum absolute atomic E-state index is 11.9. The summed E-state index contributed by atoms with van der Waals surface area (Å²) in [5, 5.41) is 15.5. The maximum Gasteiger partial charge on any atom is 0.315 e. The summed E-state index contributed by atoms with van der Waals surface area (Å²) in [4.78, 5) is 23.1. The molecule has 0 spiro atoms. The summed E-state index contributed by atoms with van der Waals surface area (Å²) >= 11 is 1.84. The highest BCUT2D eigenvalue weighted by molar-refractivity contribution is 7.99. The average Bonchev–Trinajstić information content (AvgIpc) is 2.80. The van der Waals surface area contributed by atoms with E-state index in [1.807, 2.05) is 32.5 Å². The molecule has 21 heavy (non-hydrogen) atoms. The van der Waals surface area contributed by atoms with Gasteiger partial charge in [0.2, 0.25) is 0 Å². The van der Waals surface area contributed by atoms with Crippen LogP contribution >= 0.6 is 11.8 Å². The van der Waals surface area contributed by atoms with E-state index in [2.05, 4.69) is 16.9 Å². The predicted molar refractivity (Wildman–Crippen MR) is 86.7 cm³/mol. The normalized spacial score (nSPS) is 23.6. The molecule has 1 aliphatic rings. The molecule has 0 aromatic rings. The molecule has 1 fully saturated rings. The summed E-state index contributed by atoms with van der Waals surface area (Å²) < 4.78 is 0. The molecule has 3 N–H and O–H groups in total. The Morgan fingerprint density at radius 1 is 1.33 bits per heavy atom. The van der Waals surface area contributed by atoms with E-state index in [1.165, 1.54) is 0 Å². The van der Waals surface area contributed by atoms with E-state index in [9.17, 15) is 14.7 Å². The number of thioether (sulfide) groups is 1. The van der Waals surface area contributed by atoms with E-state index in [4.69, 9.17) is 0 Å². The van der Waals surface area contributed by atoms with Crippen LogP contribution in [0.1, 0.15) is 46.5 Å². The highest BCUT2D eigenvalue weighted by Gasteiger charge is 2.27. The van der Waals surface area contributed by atoms with Gasteiger partial charge in [-0.3, -0.25) is 4.79 Å². The van der Waals surface area contributed by atoms with Gasteiger partial charge in [-0.2, -0.15) is 11.8 Å². The molecule has 0 heterocycles. The molecular formula is C15H28N2O3S. The minimum atomic E-state index is -0.853. The van der Waals surface area contributed by atoms with Gasteiger partial charge in [0, 0.05) is 17.8 Å². The Kier molecular flexibility index (Phi) is 6.84. The van der Waals surface area contributed by atoms with Crippen LogP contribution in [-0.4, -0.2) is 41.2 Å². The van der Waals surface area contributed by atoms with Gasteiger partial charge in [0.25, 0.3) is 0 Å². The van der Waals surface area contributed by atoms with Gasteiger partial charge in [0.1, 0.15) is 0 Å². The largest absolute Gasteiger partial charge is 0.481 e. The quantitative estimate of drug-likeness (QED) is 0.704. The smallest absolute Gasteiger partial charge is 0.315 e. The molecule has 2 amide bonds. The fourth-order valence-corrected chi connectivity index (χ4v) is 3.52. The number of carboxylic acid groups (broad SMARTS) is 1. The number of carboxylic acids is 1. The number of nitrogens with one attached hydrogen (secondary N) is 2. The van der Waals surface area contributed by atoms with Crippen molar-refractivity contribution in [2.75, 3.05) is 12.8 Å². The van der Waals surface area contributed by atoms with Crippen molar-refractivity contribution in [1.82, 2.24) is 10.6 Å². The molecule has 5 nitrogen and oxygen atoms in total. The van der Waals surface area contributed by atoms with Crippen LogP contribution in [0, 0.1) is 11.3 Å². The lowest BCUT2D eigenvalue weighted by atomic mass is 9.84. The monoisotopic (exact) mass is 316 g/mol. The molecule has 3 atom stereocenters. The molecule has 0 bridgehead atoms. The first-order chi connectivity index (χ1) is 9.71. The Morgan fingerprint density at radius 3 is 2.48 bits per heavy atom. The maximum atomic E-state index is 11.9. The minimum Gasteiger partial charge on any atom is -0.481 e. The number of urea groups is 1. The van der Waals surface area contributed by atoms with Gasteiger partial charge < -0.3 is 15.7 Å². The Hall–Kier alpha value is -0.910. The molecule has 1 rings (SSSR count). The van der Waals surface area contributed by atoms with Crippen molar-refractivity contribution in [1.29, 1.82) is 0 Å². The van der Waals surface area contributed by atoms with Crippen LogP contribution in [0.3, 0.4) is 0 Å². The number of carbonyl (C=O) groups is 2. The van der Waals surface area contributed by atoms with Crippen LogP contribution in [0.4, 0.5) is 4.79 Å². The lowest BCUT2D eigenvalue weighted by Crippen LogP contribution is -2.44. The zero-order chi connectivity index (χ0) is 16.0. The van der Waals surface area contributed by atoms with Crippen molar-refractivity contribution >= 4 is 23.8 Å². The third-order valence-electron chi connectivity index (χ3n) is 3.77. The molecule has 122 valence electrons. The summed E-state index contributed by atoms with van der Waals surface area (Å²) in [7, 11) is 0. The summed E-state index contributed by atoms with van der Waals surface area (Å²) in [6.45, 7) is 6.19. The van der Waals surface area contributed by atoms with Crippen molar-refractivity contribution in [3.8, 4) is 0 Å². The van der Waals surface area contributed by atoms with Crippen molar-refractivity contribution in [2.45, 2.75) is 57.7 Å². The Labute approximate surface area is 131 Å². The van der Waals surface area contributed by atoms with Crippen LogP contribution in [0.5, 0.6) is 0 Å². The zero-order valence-corrected chi connectivity index (χ0v) is 14.3. The van der Waals surface area contributed by atoms with E-state index in [1.54, 1.807) is 0 Å². The third-order valence-corrected chi connectivity index (χ3v) is 4.86. The number of hydrogen-bond acceptors (Lipinski definition) is 3. The lowest BCUT2D eigenvalue weighted by Gasteiger charge is -2.23. The first kappa shape index (κ1) is 18.1. The minimum absolute atomic E-state index is 0.0712. The van der Waals surface area contributed by atoms with E-state index in [0.29, 0.717) is 11.7 Å². The van der Waals surface area contributed by atoms with Gasteiger partial charge in [0.15, 0.2) is 0 Å². The van der Waals surface area contributed by atoms with E-state index < -0.39 is 11.9 Å². The highest BCUT2D eigenvalue weighted by Crippen LogP contribution is 2.28. The van der Waals surface area contributed by atoms with Crippen LogP contribution in [-0.2, 0) is 4.79 Å². The predicted octanol–water partition coefficient (Wildman–Crippen LogP) is 2.71. The molecule has 0 aromatic carbocycles. The SMILES string of the molecule is CSC1CCC(NC(=O)NCC(CC(C)(C)C)C(=O)O)C1. The van der Waals surface area contributed by atoms with Crippen LogP contribution in [0.15, 0.2) is 0 Å². The summed E-state index contributed by atoms with van der Waals surface area (Å²) in [6.07, 6.45) is 5.77. The second-order valence-corrected chi connectivity index (χ2v) is 8.16. The second kappa shape index (κ2) is 7.92. The molecule has 0 radical (unpaired) electrons. The number of carbonyl (C=O) groups excluding carboxylic acids is 1. The summed E-state index contributed by atoms with van der Waals surface area (Å²) in [5.74, 6) is -1.40. The number of rotatable bonds is 6. The zero-order valence-electron chi connectivity index (χ0n) is 13.4. The van der Waals surface area contributed by atoms with Gasteiger partial charge in [-0.1, -0.05) is 20.8 Å². The molecule has 1 saturated carbocycles. The third kappa shape index (κ3) is 7.07. The Morgan fingerprint density at radius 2 is 2.00 bits per heavy atom. The average molecular weight is 316 g/mol. The van der Waals surface area contributed by atoms with Gasteiger partial charge >= 0.3 is 12.0 Å². The topological polar surface area (TPSA) is 78.4 Å². The molecule has 6 heteroatoms. The lowest BCUT2D eigenvalue weighted by molar-refractivity contribution is -0.142. The van der Waals surface area contributed by atoms with E-state index in [0.717, 1.165) is 19.3 Å². The summed E-state index contributed by atoms with van der Waals surface area (Å²) in [6, 6.07) is -0.0322. The van der Waals surface area contributed by atoms with Gasteiger partial charge in [-0.25, -0.2) is 4.79 Å². The molecular weight excluding hydrogens is 288 g/mol. The van der Waals surface area contributed by atoms with Crippen molar-refractivity contribution in [3.05, 3.63) is 0 Å². The van der Waals surface area contributed by atoms with Crippen LogP contribution < -0.4 is 10.6 Å². The van der Waals surface area contributed by atoms with Crippen molar-refractivity contribution in [3.63, 3.8) is 0 Å². The highest BCUT2D eigenvalue weighted by atomic mass is 32.2. The van der Waals surface area contributed by atoms with Crippen LogP contribution in [0.25, 0.3) is 0 Å². The second-order valence-electron chi connectivity index (χ2n) is 7.02. The standard InChI is InChI=1S/C15H28N2O3S/c1-15(2,3)8-10(13(18)19)9-16-14(20)17-11-5-6-12(7-11)21-4/h10-12H,5-9H2,1-4H3,(H,18,19)(H2,16,17,20). The molecule has 0 saturated heterocycles. The van der Waals surface area contributed by atoms with Crippen molar-refractivity contribution < 1.29 is 14.7 Å². The molecule has 3 unspecified atom stereocenters.